The van der Waals surface area contributed by atoms with E-state index in [9.17, 15) is 4.79 Å². The molecular formula is C18H21ClN2O5. The number of halogens is 1. The van der Waals surface area contributed by atoms with Crippen LogP contribution in [0.1, 0.15) is 0 Å². The molecule has 2 aromatic rings. The first-order chi connectivity index (χ1) is 12.6. The highest BCUT2D eigenvalue weighted by Crippen LogP contribution is 2.35. The Hall–Kier alpha value is -2.80. The molecule has 0 bridgehead atoms. The van der Waals surface area contributed by atoms with Crippen molar-refractivity contribution in [1.82, 2.24) is 5.32 Å². The first-order valence-electron chi connectivity index (χ1n) is 7.80. The summed E-state index contributed by atoms with van der Waals surface area (Å²) in [6.45, 7) is 0.645. The Morgan fingerprint density at radius 1 is 0.962 bits per heavy atom. The highest BCUT2D eigenvalue weighted by molar-refractivity contribution is 6.32. The van der Waals surface area contributed by atoms with Crippen molar-refractivity contribution in [2.45, 2.75) is 0 Å². The van der Waals surface area contributed by atoms with Gasteiger partial charge >= 0.3 is 6.03 Å². The third-order valence-electron chi connectivity index (χ3n) is 3.44. The molecule has 0 fully saturated rings. The van der Waals surface area contributed by atoms with Crippen molar-refractivity contribution >= 4 is 23.3 Å². The summed E-state index contributed by atoms with van der Waals surface area (Å²) in [6.07, 6.45) is 0. The summed E-state index contributed by atoms with van der Waals surface area (Å²) in [5.41, 5.74) is 0.447. The summed E-state index contributed by atoms with van der Waals surface area (Å²) in [4.78, 5) is 12.0. The number of ether oxygens (including phenoxy) is 4. The van der Waals surface area contributed by atoms with Gasteiger partial charge in [-0.15, -0.1) is 0 Å². The van der Waals surface area contributed by atoms with Gasteiger partial charge in [0.1, 0.15) is 29.6 Å². The minimum atomic E-state index is -0.397. The molecule has 0 unspecified atom stereocenters. The average molecular weight is 381 g/mol. The third kappa shape index (κ3) is 5.35. The number of urea groups is 1. The SMILES string of the molecule is COc1ccc(OCCNC(=O)Nc2cc(OC)c(Cl)cc2OC)cc1. The fourth-order valence-electron chi connectivity index (χ4n) is 2.13. The summed E-state index contributed by atoms with van der Waals surface area (Å²) >= 11 is 6.04. The lowest BCUT2D eigenvalue weighted by Crippen LogP contribution is -2.32. The number of carbonyl (C=O) groups is 1. The lowest BCUT2D eigenvalue weighted by molar-refractivity contribution is 0.247. The summed E-state index contributed by atoms with van der Waals surface area (Å²) in [7, 11) is 4.58. The van der Waals surface area contributed by atoms with Crippen LogP contribution in [0, 0.1) is 0 Å². The number of hydrogen-bond donors (Lipinski definition) is 2. The molecule has 0 saturated heterocycles. The van der Waals surface area contributed by atoms with Gasteiger partial charge in [-0.1, -0.05) is 11.6 Å². The third-order valence-corrected chi connectivity index (χ3v) is 3.73. The van der Waals surface area contributed by atoms with Gasteiger partial charge in [0.2, 0.25) is 0 Å². The van der Waals surface area contributed by atoms with Gasteiger partial charge in [-0.25, -0.2) is 4.79 Å². The van der Waals surface area contributed by atoms with Gasteiger partial charge < -0.3 is 29.6 Å². The van der Waals surface area contributed by atoms with E-state index in [0.717, 1.165) is 5.75 Å². The van der Waals surface area contributed by atoms with Crippen LogP contribution in [0.3, 0.4) is 0 Å². The fraction of sp³-hybridized carbons (Fsp3) is 0.278. The Labute approximate surface area is 157 Å². The second-order valence-electron chi connectivity index (χ2n) is 5.09. The largest absolute Gasteiger partial charge is 0.497 e. The van der Waals surface area contributed by atoms with E-state index < -0.39 is 6.03 Å². The Kier molecular flexibility index (Phi) is 7.23. The van der Waals surface area contributed by atoms with Crippen molar-refractivity contribution in [2.24, 2.45) is 0 Å². The Balaban J connectivity index is 1.83. The minimum absolute atomic E-state index is 0.320. The van der Waals surface area contributed by atoms with Crippen LogP contribution in [0.5, 0.6) is 23.0 Å². The summed E-state index contributed by atoms with van der Waals surface area (Å²) in [5, 5.41) is 5.78. The molecule has 0 radical (unpaired) electrons. The minimum Gasteiger partial charge on any atom is -0.497 e. The Morgan fingerprint density at radius 3 is 2.23 bits per heavy atom. The maximum Gasteiger partial charge on any atom is 0.319 e. The van der Waals surface area contributed by atoms with Crippen molar-refractivity contribution < 1.29 is 23.7 Å². The molecule has 8 heteroatoms. The number of hydrogen-bond acceptors (Lipinski definition) is 5. The quantitative estimate of drug-likeness (QED) is 0.684. The molecule has 0 aliphatic rings. The molecule has 2 aromatic carbocycles. The van der Waals surface area contributed by atoms with Crippen LogP contribution in [0.2, 0.25) is 5.02 Å². The predicted octanol–water partition coefficient (Wildman–Crippen LogP) is 3.57. The Morgan fingerprint density at radius 2 is 1.62 bits per heavy atom. The topological polar surface area (TPSA) is 78.1 Å². The summed E-state index contributed by atoms with van der Waals surface area (Å²) in [5.74, 6) is 2.31. The van der Waals surface area contributed by atoms with Gasteiger partial charge in [0.05, 0.1) is 38.6 Å². The number of rotatable bonds is 8. The second-order valence-corrected chi connectivity index (χ2v) is 5.50. The van der Waals surface area contributed by atoms with E-state index in [-0.39, 0.29) is 0 Å². The summed E-state index contributed by atoms with van der Waals surface area (Å²) < 4.78 is 21.0. The zero-order chi connectivity index (χ0) is 18.9. The van der Waals surface area contributed by atoms with E-state index in [2.05, 4.69) is 10.6 Å². The van der Waals surface area contributed by atoms with Gasteiger partial charge in [0.25, 0.3) is 0 Å². The number of amides is 2. The molecule has 0 saturated carbocycles. The zero-order valence-corrected chi connectivity index (χ0v) is 15.6. The van der Waals surface area contributed by atoms with Gasteiger partial charge in [0.15, 0.2) is 0 Å². The van der Waals surface area contributed by atoms with E-state index in [1.54, 1.807) is 43.5 Å². The normalized spacial score (nSPS) is 10.0. The first-order valence-corrected chi connectivity index (χ1v) is 8.18. The van der Waals surface area contributed by atoms with Crippen LogP contribution < -0.4 is 29.6 Å². The molecule has 0 aliphatic heterocycles. The molecule has 0 spiro atoms. The van der Waals surface area contributed by atoms with E-state index in [4.69, 9.17) is 30.5 Å². The maximum atomic E-state index is 12.0. The molecule has 140 valence electrons. The number of methoxy groups -OCH3 is 3. The van der Waals surface area contributed by atoms with Crippen LogP contribution in [-0.2, 0) is 0 Å². The van der Waals surface area contributed by atoms with Crippen molar-refractivity contribution in [3.05, 3.63) is 41.4 Å². The van der Waals surface area contributed by atoms with Crippen molar-refractivity contribution in [3.8, 4) is 23.0 Å². The molecule has 2 N–H and O–H groups in total. The second kappa shape index (κ2) is 9.62. The first kappa shape index (κ1) is 19.5. The standard InChI is InChI=1S/C18H21ClN2O5/c1-23-12-4-6-13(7-5-12)26-9-8-20-18(22)21-15-11-16(24-2)14(19)10-17(15)25-3/h4-7,10-11H,8-9H2,1-3H3,(H2,20,21,22). The van der Waals surface area contributed by atoms with Gasteiger partial charge in [0, 0.05) is 12.1 Å². The number of anilines is 1. The van der Waals surface area contributed by atoms with Crippen LogP contribution in [0.15, 0.2) is 36.4 Å². The van der Waals surface area contributed by atoms with E-state index in [1.165, 1.54) is 14.2 Å². The molecule has 2 amide bonds. The lowest BCUT2D eigenvalue weighted by Gasteiger charge is -2.14. The Bertz CT molecular complexity index is 737. The molecule has 0 aliphatic carbocycles. The zero-order valence-electron chi connectivity index (χ0n) is 14.8. The average Bonchev–Trinajstić information content (AvgIpc) is 2.66. The molecule has 0 heterocycles. The monoisotopic (exact) mass is 380 g/mol. The van der Waals surface area contributed by atoms with E-state index >= 15 is 0 Å². The molecule has 0 aromatic heterocycles. The van der Waals surface area contributed by atoms with Crippen molar-refractivity contribution in [2.75, 3.05) is 39.8 Å². The highest BCUT2D eigenvalue weighted by Gasteiger charge is 2.12. The van der Waals surface area contributed by atoms with Crippen LogP contribution in [0.25, 0.3) is 0 Å². The van der Waals surface area contributed by atoms with E-state index in [0.29, 0.717) is 41.1 Å². The van der Waals surface area contributed by atoms with E-state index in [1.807, 2.05) is 0 Å². The fourth-order valence-corrected chi connectivity index (χ4v) is 2.36. The van der Waals surface area contributed by atoms with Crippen molar-refractivity contribution in [1.29, 1.82) is 0 Å². The van der Waals surface area contributed by atoms with Crippen LogP contribution in [0.4, 0.5) is 10.5 Å². The number of benzene rings is 2. The molecule has 7 nitrogen and oxygen atoms in total. The molecule has 0 atom stereocenters. The van der Waals surface area contributed by atoms with Gasteiger partial charge in [-0.3, -0.25) is 0 Å². The van der Waals surface area contributed by atoms with Crippen LogP contribution >= 0.6 is 11.6 Å². The maximum absolute atomic E-state index is 12.0. The molecular weight excluding hydrogens is 360 g/mol. The molecule has 2 rings (SSSR count). The van der Waals surface area contributed by atoms with Crippen molar-refractivity contribution in [3.63, 3.8) is 0 Å². The predicted molar refractivity (Wildman–Crippen MR) is 100 cm³/mol. The number of nitrogens with one attached hydrogen (secondary N) is 2. The van der Waals surface area contributed by atoms with Crippen LogP contribution in [-0.4, -0.2) is 40.5 Å². The highest BCUT2D eigenvalue weighted by atomic mass is 35.5. The van der Waals surface area contributed by atoms with Gasteiger partial charge in [-0.2, -0.15) is 0 Å². The lowest BCUT2D eigenvalue weighted by atomic mass is 10.2. The summed E-state index contributed by atoms with van der Waals surface area (Å²) in [6, 6.07) is 9.96. The smallest absolute Gasteiger partial charge is 0.319 e. The number of carbonyl (C=O) groups excluding carboxylic acids is 1. The molecule has 26 heavy (non-hydrogen) atoms. The van der Waals surface area contributed by atoms with Gasteiger partial charge in [-0.05, 0) is 24.3 Å².